The number of amides is 1. The minimum Gasteiger partial charge on any atom is -0.478 e. The molecule has 6 nitrogen and oxygen atoms in total. The molecule has 0 bridgehead atoms. The van der Waals surface area contributed by atoms with Gasteiger partial charge in [-0.2, -0.15) is 0 Å². The third-order valence-electron chi connectivity index (χ3n) is 6.93. The summed E-state index contributed by atoms with van der Waals surface area (Å²) in [6, 6.07) is 30.3. The van der Waals surface area contributed by atoms with Crippen LogP contribution in [-0.2, 0) is 13.1 Å². The Hall–Kier alpha value is -5.30. The van der Waals surface area contributed by atoms with Gasteiger partial charge in [0.1, 0.15) is 5.82 Å². The lowest BCUT2D eigenvalue weighted by Crippen LogP contribution is -2.23. The first-order valence-electron chi connectivity index (χ1n) is 12.8. The molecule has 6 rings (SSSR count). The molecule has 7 heteroatoms. The Balaban J connectivity index is 1.37. The predicted octanol–water partition coefficient (Wildman–Crippen LogP) is 6.67. The van der Waals surface area contributed by atoms with Crippen LogP contribution in [0.5, 0.6) is 0 Å². The molecule has 0 aliphatic heterocycles. The van der Waals surface area contributed by atoms with E-state index in [4.69, 9.17) is 10.1 Å². The van der Waals surface area contributed by atoms with Gasteiger partial charge in [-0.3, -0.25) is 9.78 Å². The van der Waals surface area contributed by atoms with Crippen molar-refractivity contribution in [3.8, 4) is 11.1 Å². The van der Waals surface area contributed by atoms with E-state index < -0.39 is 5.97 Å². The SMILES string of the molecule is O=C(O)c1ccc(CNC(=O)c2cc(-c3ccc(F)cc3)cc3ccn(Cc4ccc5ccccc5n4)c23)cc1. The number of benzene rings is 4. The molecule has 0 atom stereocenters. The normalized spacial score (nSPS) is 11.1. The summed E-state index contributed by atoms with van der Waals surface area (Å²) in [5, 5.41) is 14.1. The highest BCUT2D eigenvalue weighted by atomic mass is 19.1. The molecule has 0 fully saturated rings. The van der Waals surface area contributed by atoms with Crippen LogP contribution in [0.3, 0.4) is 0 Å². The zero-order valence-electron chi connectivity index (χ0n) is 21.3. The van der Waals surface area contributed by atoms with Crippen molar-refractivity contribution in [1.29, 1.82) is 0 Å². The van der Waals surface area contributed by atoms with Crippen molar-refractivity contribution in [2.75, 3.05) is 0 Å². The van der Waals surface area contributed by atoms with Crippen molar-refractivity contribution in [3.63, 3.8) is 0 Å². The summed E-state index contributed by atoms with van der Waals surface area (Å²) in [6.45, 7) is 0.703. The molecule has 1 amide bonds. The van der Waals surface area contributed by atoms with E-state index in [-0.39, 0.29) is 23.8 Å². The Kier molecular flexibility index (Phi) is 6.54. The average molecular weight is 530 g/mol. The molecule has 2 N–H and O–H groups in total. The number of rotatable bonds is 7. The Labute approximate surface area is 229 Å². The van der Waals surface area contributed by atoms with E-state index in [2.05, 4.69) is 5.32 Å². The van der Waals surface area contributed by atoms with Crippen molar-refractivity contribution in [2.24, 2.45) is 0 Å². The van der Waals surface area contributed by atoms with Crippen LogP contribution in [0.4, 0.5) is 4.39 Å². The van der Waals surface area contributed by atoms with Gasteiger partial charge >= 0.3 is 5.97 Å². The number of nitrogens with zero attached hydrogens (tertiary/aromatic N) is 2. The molecular weight excluding hydrogens is 505 g/mol. The lowest BCUT2D eigenvalue weighted by Gasteiger charge is -2.13. The van der Waals surface area contributed by atoms with Gasteiger partial charge in [-0.25, -0.2) is 9.18 Å². The Morgan fingerprint density at radius 1 is 0.825 bits per heavy atom. The summed E-state index contributed by atoms with van der Waals surface area (Å²) >= 11 is 0. The van der Waals surface area contributed by atoms with E-state index in [9.17, 15) is 14.0 Å². The number of halogens is 1. The summed E-state index contributed by atoms with van der Waals surface area (Å²) in [4.78, 5) is 29.6. The van der Waals surface area contributed by atoms with Gasteiger partial charge in [0.2, 0.25) is 0 Å². The van der Waals surface area contributed by atoms with E-state index in [0.29, 0.717) is 12.1 Å². The van der Waals surface area contributed by atoms with Crippen LogP contribution in [0.15, 0.2) is 109 Å². The third kappa shape index (κ3) is 5.05. The highest BCUT2D eigenvalue weighted by Gasteiger charge is 2.17. The number of carbonyl (C=O) groups excluding carboxylic acids is 1. The van der Waals surface area contributed by atoms with Crippen LogP contribution in [0.2, 0.25) is 0 Å². The second kappa shape index (κ2) is 10.5. The van der Waals surface area contributed by atoms with Crippen molar-refractivity contribution in [2.45, 2.75) is 13.1 Å². The molecule has 0 unspecified atom stereocenters. The second-order valence-electron chi connectivity index (χ2n) is 9.59. The number of hydrogen-bond donors (Lipinski definition) is 2. The Morgan fingerprint density at radius 3 is 2.38 bits per heavy atom. The smallest absolute Gasteiger partial charge is 0.335 e. The predicted molar refractivity (Wildman–Crippen MR) is 153 cm³/mol. The number of hydrogen-bond acceptors (Lipinski definition) is 3. The van der Waals surface area contributed by atoms with Gasteiger partial charge in [0, 0.05) is 23.5 Å². The van der Waals surface area contributed by atoms with Gasteiger partial charge in [-0.05, 0) is 71.3 Å². The lowest BCUT2D eigenvalue weighted by atomic mass is 9.99. The zero-order chi connectivity index (χ0) is 27.6. The van der Waals surface area contributed by atoms with Crippen molar-refractivity contribution >= 4 is 33.7 Å². The molecule has 0 saturated carbocycles. The van der Waals surface area contributed by atoms with E-state index in [1.165, 1.54) is 24.3 Å². The minimum atomic E-state index is -1.00. The van der Waals surface area contributed by atoms with E-state index in [0.717, 1.165) is 44.2 Å². The number of aromatic nitrogens is 2. The van der Waals surface area contributed by atoms with Gasteiger partial charge in [-0.1, -0.05) is 48.5 Å². The molecule has 0 aliphatic carbocycles. The van der Waals surface area contributed by atoms with Crippen LogP contribution in [0.25, 0.3) is 32.9 Å². The molecule has 2 aromatic heterocycles. The van der Waals surface area contributed by atoms with Crippen molar-refractivity contribution < 1.29 is 19.1 Å². The van der Waals surface area contributed by atoms with E-state index in [1.807, 2.05) is 65.4 Å². The van der Waals surface area contributed by atoms with Crippen LogP contribution < -0.4 is 5.32 Å². The standard InChI is InChI=1S/C33H24FN3O3/c34-27-12-9-22(10-13-27)26-17-25-15-16-37(20-28-14-11-23-3-1-2-4-30(23)36-28)31(25)29(18-26)32(38)35-19-21-5-7-24(8-6-21)33(39)40/h1-18H,19-20H2,(H,35,38)(H,39,40). The van der Waals surface area contributed by atoms with Gasteiger partial charge < -0.3 is 15.0 Å². The number of carbonyl (C=O) groups is 2. The average Bonchev–Trinajstić information content (AvgIpc) is 3.38. The highest BCUT2D eigenvalue weighted by Crippen LogP contribution is 2.30. The number of nitrogens with one attached hydrogen (secondary N) is 1. The largest absolute Gasteiger partial charge is 0.478 e. The van der Waals surface area contributed by atoms with Crippen LogP contribution in [0.1, 0.15) is 32.0 Å². The van der Waals surface area contributed by atoms with Crippen molar-refractivity contribution in [3.05, 3.63) is 138 Å². The van der Waals surface area contributed by atoms with Gasteiger partial charge in [0.15, 0.2) is 0 Å². The molecule has 0 radical (unpaired) electrons. The third-order valence-corrected chi connectivity index (χ3v) is 6.93. The molecule has 40 heavy (non-hydrogen) atoms. The van der Waals surface area contributed by atoms with Crippen LogP contribution in [-0.4, -0.2) is 26.5 Å². The molecule has 0 aliphatic rings. The number of pyridine rings is 1. The minimum absolute atomic E-state index is 0.184. The van der Waals surface area contributed by atoms with Gasteiger partial charge in [-0.15, -0.1) is 0 Å². The number of aromatic carboxylic acids is 1. The molecule has 0 saturated heterocycles. The van der Waals surface area contributed by atoms with Crippen LogP contribution >= 0.6 is 0 Å². The fourth-order valence-corrected chi connectivity index (χ4v) is 4.88. The number of para-hydroxylation sites is 1. The quantitative estimate of drug-likeness (QED) is 0.242. The number of carboxylic acids is 1. The zero-order valence-corrected chi connectivity index (χ0v) is 21.3. The Morgan fingerprint density at radius 2 is 1.60 bits per heavy atom. The highest BCUT2D eigenvalue weighted by molar-refractivity contribution is 6.08. The second-order valence-corrected chi connectivity index (χ2v) is 9.59. The maximum atomic E-state index is 13.6. The molecule has 2 heterocycles. The maximum Gasteiger partial charge on any atom is 0.335 e. The number of fused-ring (bicyclic) bond motifs is 2. The molecule has 4 aromatic carbocycles. The summed E-state index contributed by atoms with van der Waals surface area (Å²) < 4.78 is 15.6. The Bertz CT molecular complexity index is 1880. The van der Waals surface area contributed by atoms with E-state index in [1.54, 1.807) is 24.3 Å². The molecule has 196 valence electrons. The van der Waals surface area contributed by atoms with Gasteiger partial charge in [0.05, 0.1) is 34.4 Å². The van der Waals surface area contributed by atoms with E-state index >= 15 is 0 Å². The fraction of sp³-hybridized carbons (Fsp3) is 0.0606. The summed E-state index contributed by atoms with van der Waals surface area (Å²) in [6.07, 6.45) is 1.94. The first kappa shape index (κ1) is 25.0. The summed E-state index contributed by atoms with van der Waals surface area (Å²) in [7, 11) is 0. The summed E-state index contributed by atoms with van der Waals surface area (Å²) in [5.41, 5.74) is 5.56. The number of carboxylic acid groups (broad SMARTS) is 1. The fourth-order valence-electron chi connectivity index (χ4n) is 4.88. The monoisotopic (exact) mass is 529 g/mol. The van der Waals surface area contributed by atoms with Crippen molar-refractivity contribution in [1.82, 2.24) is 14.9 Å². The molecular formula is C33H24FN3O3. The molecule has 0 spiro atoms. The molecule has 6 aromatic rings. The van der Waals surface area contributed by atoms with Crippen LogP contribution in [0, 0.1) is 5.82 Å². The topological polar surface area (TPSA) is 84.2 Å². The first-order valence-corrected chi connectivity index (χ1v) is 12.8. The van der Waals surface area contributed by atoms with Gasteiger partial charge in [0.25, 0.3) is 5.91 Å². The maximum absolute atomic E-state index is 13.6. The lowest BCUT2D eigenvalue weighted by molar-refractivity contribution is 0.0696. The summed E-state index contributed by atoms with van der Waals surface area (Å²) in [5.74, 6) is -1.61. The first-order chi connectivity index (χ1) is 19.4.